The fraction of sp³-hybridized carbons (Fsp3) is 0.227. The summed E-state index contributed by atoms with van der Waals surface area (Å²) in [7, 11) is 3.22. The van der Waals surface area contributed by atoms with Gasteiger partial charge in [0, 0.05) is 29.7 Å². The fourth-order valence-electron chi connectivity index (χ4n) is 3.25. The number of rotatable bonds is 6. The first kappa shape index (κ1) is 19.4. The van der Waals surface area contributed by atoms with E-state index in [1.54, 1.807) is 26.4 Å². The first-order valence-corrected chi connectivity index (χ1v) is 8.92. The minimum atomic E-state index is -0.414. The van der Waals surface area contributed by atoms with Crippen LogP contribution in [0.25, 0.3) is 22.9 Å². The Bertz CT molecular complexity index is 1050. The van der Waals surface area contributed by atoms with Gasteiger partial charge in [-0.05, 0) is 36.3 Å². The Hall–Kier alpha value is -3.41. The third kappa shape index (κ3) is 3.67. The van der Waals surface area contributed by atoms with Gasteiger partial charge in [0.2, 0.25) is 0 Å². The van der Waals surface area contributed by atoms with Crippen LogP contribution < -0.4 is 9.47 Å². The summed E-state index contributed by atoms with van der Waals surface area (Å²) in [5, 5.41) is 12.8. The number of fused-ring (bicyclic) bond motifs is 1. The van der Waals surface area contributed by atoms with Crippen molar-refractivity contribution in [2.24, 2.45) is 0 Å². The number of benzene rings is 2. The first-order valence-electron chi connectivity index (χ1n) is 8.92. The van der Waals surface area contributed by atoms with Gasteiger partial charge >= 0.3 is 11.5 Å². The summed E-state index contributed by atoms with van der Waals surface area (Å²) in [5.41, 5.74) is 2.02. The normalized spacial score (nSPS) is 11.1. The minimum Gasteiger partial charge on any atom is -0.493 e. The summed E-state index contributed by atoms with van der Waals surface area (Å²) in [6.45, 7) is 4.03. The predicted octanol–water partition coefficient (Wildman–Crippen LogP) is 5.68. The van der Waals surface area contributed by atoms with E-state index in [-0.39, 0.29) is 5.69 Å². The van der Waals surface area contributed by atoms with Crippen LogP contribution in [0, 0.1) is 17.0 Å². The monoisotopic (exact) mass is 380 g/mol. The molecule has 0 unspecified atom stereocenters. The predicted molar refractivity (Wildman–Crippen MR) is 110 cm³/mol. The molecule has 0 aliphatic carbocycles. The molecule has 0 fully saturated rings. The number of aryl methyl sites for hydroxylation is 2. The number of ether oxygens (including phenoxy) is 2. The molecule has 0 spiro atoms. The van der Waals surface area contributed by atoms with Crippen molar-refractivity contribution in [3.8, 4) is 11.5 Å². The number of hydrogen-bond acceptors (Lipinski definition) is 4. The van der Waals surface area contributed by atoms with Crippen molar-refractivity contribution >= 4 is 28.6 Å². The van der Waals surface area contributed by atoms with Crippen molar-refractivity contribution in [2.75, 3.05) is 14.2 Å². The molecule has 0 saturated carbocycles. The van der Waals surface area contributed by atoms with E-state index in [9.17, 15) is 10.1 Å². The highest BCUT2D eigenvalue weighted by molar-refractivity contribution is 5.95. The van der Waals surface area contributed by atoms with Crippen LogP contribution in [0.4, 0.5) is 5.69 Å². The average Bonchev–Trinajstić information content (AvgIpc) is 2.71. The molecule has 0 amide bonds. The minimum absolute atomic E-state index is 0.0623. The van der Waals surface area contributed by atoms with E-state index < -0.39 is 4.92 Å². The van der Waals surface area contributed by atoms with Crippen molar-refractivity contribution in [1.82, 2.24) is 0 Å². The number of nitro groups is 1. The van der Waals surface area contributed by atoms with Crippen molar-refractivity contribution in [3.63, 3.8) is 0 Å². The lowest BCUT2D eigenvalue weighted by Crippen LogP contribution is -1.96. The zero-order chi connectivity index (χ0) is 20.3. The fourth-order valence-corrected chi connectivity index (χ4v) is 3.25. The highest BCUT2D eigenvalue weighted by Crippen LogP contribution is 2.37. The third-order valence-corrected chi connectivity index (χ3v) is 4.69. The van der Waals surface area contributed by atoms with Gasteiger partial charge < -0.3 is 9.47 Å². The van der Waals surface area contributed by atoms with E-state index in [0.29, 0.717) is 17.3 Å². The quantitative estimate of drug-likeness (QED) is 0.312. The molecule has 0 radical (unpaired) electrons. The highest BCUT2D eigenvalue weighted by Gasteiger charge is 2.22. The Morgan fingerprint density at radius 2 is 1.64 bits per heavy atom. The van der Waals surface area contributed by atoms with Gasteiger partial charge in [0.25, 0.3) is 5.69 Å². The van der Waals surface area contributed by atoms with Gasteiger partial charge in [0.1, 0.15) is 0 Å². The molecule has 6 heteroatoms. The lowest BCUT2D eigenvalue weighted by Gasteiger charge is -2.10. The van der Waals surface area contributed by atoms with Crippen LogP contribution in [-0.2, 0) is 6.42 Å². The molecule has 1 heterocycles. The van der Waals surface area contributed by atoms with Crippen molar-refractivity contribution in [1.29, 1.82) is 0 Å². The number of hydrogen-bond donors (Lipinski definition) is 0. The topological polar surface area (TPSA) is 72.9 Å². The van der Waals surface area contributed by atoms with E-state index in [1.165, 1.54) is 12.1 Å². The number of non-ortho nitro benzene ring substituents is 1. The molecule has 0 aliphatic rings. The summed E-state index contributed by atoms with van der Waals surface area (Å²) >= 11 is 0. The molecule has 6 nitrogen and oxygen atoms in total. The standard InChI is InChI=1S/C22H22NO5/c1-5-17-14(2)28-20(11-8-15-6-9-16(10-7-15)23(24)25)19-13-22(27-4)21(26-3)12-18(17)19/h6-13H,5H2,1-4H3/q+1/b11-8+. The molecule has 0 saturated heterocycles. The number of nitrogens with zero attached hydrogens (tertiary/aromatic N) is 1. The van der Waals surface area contributed by atoms with Crippen LogP contribution in [0.1, 0.15) is 29.6 Å². The second-order valence-corrected chi connectivity index (χ2v) is 6.29. The lowest BCUT2D eigenvalue weighted by atomic mass is 10.0. The summed E-state index contributed by atoms with van der Waals surface area (Å²) in [4.78, 5) is 10.4. The van der Waals surface area contributed by atoms with Crippen LogP contribution in [0.2, 0.25) is 0 Å². The van der Waals surface area contributed by atoms with Gasteiger partial charge in [-0.3, -0.25) is 10.1 Å². The number of methoxy groups -OCH3 is 2. The van der Waals surface area contributed by atoms with Crippen LogP contribution >= 0.6 is 0 Å². The first-order chi connectivity index (χ1) is 13.5. The molecule has 2 aromatic carbocycles. The van der Waals surface area contributed by atoms with Gasteiger partial charge in [0.05, 0.1) is 37.0 Å². The number of nitro benzene ring substituents is 1. The molecular formula is C22H22NO5+. The van der Waals surface area contributed by atoms with Crippen LogP contribution in [0.15, 0.2) is 40.8 Å². The van der Waals surface area contributed by atoms with E-state index >= 15 is 0 Å². The molecule has 1 aromatic heterocycles. The Balaban J connectivity index is 2.13. The van der Waals surface area contributed by atoms with E-state index in [4.69, 9.17) is 13.9 Å². The second-order valence-electron chi connectivity index (χ2n) is 6.29. The van der Waals surface area contributed by atoms with Crippen molar-refractivity contribution in [2.45, 2.75) is 20.3 Å². The zero-order valence-electron chi connectivity index (χ0n) is 16.3. The van der Waals surface area contributed by atoms with Gasteiger partial charge in [-0.1, -0.05) is 6.92 Å². The maximum absolute atomic E-state index is 10.8. The molecule has 3 rings (SSSR count). The van der Waals surface area contributed by atoms with Gasteiger partial charge in [0.15, 0.2) is 11.5 Å². The van der Waals surface area contributed by atoms with Crippen LogP contribution in [0.5, 0.6) is 11.5 Å². The Kier molecular flexibility index (Phi) is 5.59. The maximum Gasteiger partial charge on any atom is 0.360 e. The van der Waals surface area contributed by atoms with E-state index in [1.807, 2.05) is 31.2 Å². The molecule has 0 atom stereocenters. The summed E-state index contributed by atoms with van der Waals surface area (Å²) in [5.74, 6) is 2.82. The van der Waals surface area contributed by atoms with Crippen molar-refractivity contribution in [3.05, 3.63) is 69.2 Å². The van der Waals surface area contributed by atoms with E-state index in [0.717, 1.165) is 34.1 Å². The van der Waals surface area contributed by atoms with Crippen LogP contribution in [-0.4, -0.2) is 19.1 Å². The molecule has 3 aromatic rings. The zero-order valence-corrected chi connectivity index (χ0v) is 16.3. The molecule has 0 N–H and O–H groups in total. The summed E-state index contributed by atoms with van der Waals surface area (Å²) < 4.78 is 17.0. The third-order valence-electron chi connectivity index (χ3n) is 4.69. The highest BCUT2D eigenvalue weighted by atomic mass is 16.6. The largest absolute Gasteiger partial charge is 0.493 e. The van der Waals surface area contributed by atoms with E-state index in [2.05, 4.69) is 6.92 Å². The smallest absolute Gasteiger partial charge is 0.360 e. The molecule has 0 aliphatic heterocycles. The Labute approximate surface area is 163 Å². The van der Waals surface area contributed by atoms with Gasteiger partial charge in [-0.2, -0.15) is 0 Å². The van der Waals surface area contributed by atoms with Crippen LogP contribution in [0.3, 0.4) is 0 Å². The van der Waals surface area contributed by atoms with Gasteiger partial charge in [-0.15, -0.1) is 0 Å². The average molecular weight is 380 g/mol. The van der Waals surface area contributed by atoms with Crippen molar-refractivity contribution < 1.29 is 18.8 Å². The lowest BCUT2D eigenvalue weighted by molar-refractivity contribution is -0.384. The molecule has 28 heavy (non-hydrogen) atoms. The molecule has 0 bridgehead atoms. The Morgan fingerprint density at radius 3 is 2.18 bits per heavy atom. The molecule has 144 valence electrons. The Morgan fingerprint density at radius 1 is 1.04 bits per heavy atom. The van der Waals surface area contributed by atoms with Gasteiger partial charge in [-0.25, -0.2) is 4.42 Å². The second kappa shape index (κ2) is 8.08. The summed E-state index contributed by atoms with van der Waals surface area (Å²) in [6.07, 6.45) is 4.55. The SMILES string of the molecule is CCc1c(C)[o+]c(/C=C/c2ccc([N+](=O)[O-])cc2)c2cc(OC)c(OC)cc12. The summed E-state index contributed by atoms with van der Waals surface area (Å²) in [6, 6.07) is 10.2. The maximum atomic E-state index is 10.8. The molecular weight excluding hydrogens is 358 g/mol.